The van der Waals surface area contributed by atoms with Crippen molar-refractivity contribution in [1.82, 2.24) is 19.8 Å². The number of hydrogen-bond donors (Lipinski definition) is 1. The Morgan fingerprint density at radius 2 is 1.93 bits per heavy atom. The van der Waals surface area contributed by atoms with E-state index in [9.17, 15) is 13.2 Å². The van der Waals surface area contributed by atoms with Crippen LogP contribution in [-0.4, -0.2) is 48.4 Å². The summed E-state index contributed by atoms with van der Waals surface area (Å²) in [5.74, 6) is 1.37. The summed E-state index contributed by atoms with van der Waals surface area (Å²) in [5.41, 5.74) is 1.83. The molecule has 2 aromatic rings. The average Bonchev–Trinajstić information content (AvgIpc) is 3.12. The molecule has 1 saturated heterocycles. The van der Waals surface area contributed by atoms with Crippen LogP contribution in [0, 0.1) is 26.7 Å². The zero-order valence-electron chi connectivity index (χ0n) is 18.1. The molecular weight excluding hydrogens is 404 g/mol. The van der Waals surface area contributed by atoms with E-state index in [1.54, 1.807) is 24.2 Å². The Kier molecular flexibility index (Phi) is 6.92. The van der Waals surface area contributed by atoms with Crippen molar-refractivity contribution in [3.63, 3.8) is 0 Å². The van der Waals surface area contributed by atoms with Crippen LogP contribution in [0.25, 0.3) is 0 Å². The third kappa shape index (κ3) is 5.07. The van der Waals surface area contributed by atoms with Gasteiger partial charge in [-0.05, 0) is 69.2 Å². The summed E-state index contributed by atoms with van der Waals surface area (Å²) in [4.78, 5) is 17.0. The number of sulfonamides is 1. The van der Waals surface area contributed by atoms with E-state index < -0.39 is 10.0 Å². The highest BCUT2D eigenvalue weighted by atomic mass is 32.2. The van der Waals surface area contributed by atoms with Gasteiger partial charge in [-0.3, -0.25) is 4.79 Å². The van der Waals surface area contributed by atoms with Crippen LogP contribution in [0.2, 0.25) is 0 Å². The number of rotatable bonds is 7. The van der Waals surface area contributed by atoms with Crippen molar-refractivity contribution in [2.75, 3.05) is 19.6 Å². The Morgan fingerprint density at radius 3 is 2.57 bits per heavy atom. The van der Waals surface area contributed by atoms with E-state index in [0.29, 0.717) is 61.2 Å². The summed E-state index contributed by atoms with van der Waals surface area (Å²) in [6.07, 6.45) is 2.93. The largest absolute Gasteiger partial charge is 0.352 e. The smallest absolute Gasteiger partial charge is 0.251 e. The second-order valence-corrected chi connectivity index (χ2v) is 10.0. The first-order chi connectivity index (χ1) is 14.2. The highest BCUT2D eigenvalue weighted by molar-refractivity contribution is 7.89. The van der Waals surface area contributed by atoms with E-state index >= 15 is 0 Å². The fourth-order valence-electron chi connectivity index (χ4n) is 3.58. The van der Waals surface area contributed by atoms with Gasteiger partial charge in [-0.1, -0.05) is 12.1 Å². The van der Waals surface area contributed by atoms with Crippen LogP contribution >= 0.6 is 0 Å². The molecule has 1 amide bonds. The normalized spacial score (nSPS) is 16.0. The molecule has 1 aliphatic rings. The SMILES string of the molecule is Cc1noc(CCCNC(=O)c2cc(C)c(C)c(S(=O)(=O)N3CCC(C)CC3)c2)n1. The summed E-state index contributed by atoms with van der Waals surface area (Å²) in [6.45, 7) is 9.00. The third-order valence-electron chi connectivity index (χ3n) is 5.66. The lowest BCUT2D eigenvalue weighted by atomic mass is 10.0. The van der Waals surface area contributed by atoms with Crippen molar-refractivity contribution in [2.24, 2.45) is 5.92 Å². The van der Waals surface area contributed by atoms with Crippen molar-refractivity contribution in [1.29, 1.82) is 0 Å². The van der Waals surface area contributed by atoms with E-state index in [0.717, 1.165) is 18.4 Å². The first kappa shape index (κ1) is 22.4. The molecule has 0 radical (unpaired) electrons. The van der Waals surface area contributed by atoms with Gasteiger partial charge < -0.3 is 9.84 Å². The molecule has 9 heteroatoms. The van der Waals surface area contributed by atoms with Crippen LogP contribution in [0.1, 0.15) is 59.4 Å². The van der Waals surface area contributed by atoms with Crippen molar-refractivity contribution >= 4 is 15.9 Å². The van der Waals surface area contributed by atoms with Crippen molar-refractivity contribution in [3.8, 4) is 0 Å². The number of hydrogen-bond acceptors (Lipinski definition) is 6. The highest BCUT2D eigenvalue weighted by Gasteiger charge is 2.30. The van der Waals surface area contributed by atoms with Crippen molar-refractivity contribution in [2.45, 2.75) is 58.3 Å². The number of carbonyl (C=O) groups excluding carboxylic acids is 1. The van der Waals surface area contributed by atoms with Crippen LogP contribution in [0.15, 0.2) is 21.6 Å². The molecule has 1 N–H and O–H groups in total. The first-order valence-corrected chi connectivity index (χ1v) is 11.8. The molecule has 0 atom stereocenters. The number of nitrogens with one attached hydrogen (secondary N) is 1. The van der Waals surface area contributed by atoms with E-state index in [-0.39, 0.29) is 10.8 Å². The van der Waals surface area contributed by atoms with E-state index in [2.05, 4.69) is 22.4 Å². The molecule has 1 aromatic heterocycles. The maximum Gasteiger partial charge on any atom is 0.251 e. The maximum absolute atomic E-state index is 13.2. The van der Waals surface area contributed by atoms with E-state index in [4.69, 9.17) is 4.52 Å². The van der Waals surface area contributed by atoms with Gasteiger partial charge in [0.05, 0.1) is 4.90 Å². The second kappa shape index (κ2) is 9.26. The Morgan fingerprint density at radius 1 is 1.23 bits per heavy atom. The Hall–Kier alpha value is -2.26. The molecular formula is C21H30N4O4S. The number of piperidine rings is 1. The molecule has 1 aromatic carbocycles. The molecule has 1 fully saturated rings. The minimum Gasteiger partial charge on any atom is -0.352 e. The van der Waals surface area contributed by atoms with Gasteiger partial charge in [-0.2, -0.15) is 9.29 Å². The lowest BCUT2D eigenvalue weighted by Gasteiger charge is -2.30. The third-order valence-corrected chi connectivity index (χ3v) is 7.69. The molecule has 0 unspecified atom stereocenters. The molecule has 3 rings (SSSR count). The zero-order valence-corrected chi connectivity index (χ0v) is 18.9. The van der Waals surface area contributed by atoms with Crippen LogP contribution in [-0.2, 0) is 16.4 Å². The second-order valence-electron chi connectivity index (χ2n) is 8.10. The fourth-order valence-corrected chi connectivity index (χ4v) is 5.37. The molecule has 1 aliphatic heterocycles. The monoisotopic (exact) mass is 434 g/mol. The number of carbonyl (C=O) groups is 1. The molecule has 2 heterocycles. The number of nitrogens with zero attached hydrogens (tertiary/aromatic N) is 3. The first-order valence-electron chi connectivity index (χ1n) is 10.4. The van der Waals surface area contributed by atoms with Crippen LogP contribution in [0.5, 0.6) is 0 Å². The molecule has 0 aliphatic carbocycles. The van der Waals surface area contributed by atoms with Gasteiger partial charge in [0.1, 0.15) is 0 Å². The standard InChI is InChI=1S/C21H30N4O4S/c1-14-7-10-25(11-8-14)30(27,28)19-13-18(12-15(2)16(19)3)21(26)22-9-5-6-20-23-17(4)24-29-20/h12-14H,5-11H2,1-4H3,(H,22,26). The molecule has 164 valence electrons. The van der Waals surface area contributed by atoms with Gasteiger partial charge in [0.15, 0.2) is 5.82 Å². The Bertz CT molecular complexity index is 1010. The number of benzene rings is 1. The van der Waals surface area contributed by atoms with Gasteiger partial charge >= 0.3 is 0 Å². The highest BCUT2D eigenvalue weighted by Crippen LogP contribution is 2.28. The summed E-state index contributed by atoms with van der Waals surface area (Å²) < 4.78 is 33.1. The predicted octanol–water partition coefficient (Wildman–Crippen LogP) is 2.78. The molecule has 0 saturated carbocycles. The molecule has 0 bridgehead atoms. The van der Waals surface area contributed by atoms with Crippen LogP contribution < -0.4 is 5.32 Å². The summed E-state index contributed by atoms with van der Waals surface area (Å²) in [5, 5.41) is 6.59. The number of amides is 1. The summed E-state index contributed by atoms with van der Waals surface area (Å²) in [6, 6.07) is 3.25. The summed E-state index contributed by atoms with van der Waals surface area (Å²) >= 11 is 0. The maximum atomic E-state index is 13.2. The van der Waals surface area contributed by atoms with Gasteiger partial charge in [-0.25, -0.2) is 8.42 Å². The quantitative estimate of drug-likeness (QED) is 0.672. The predicted molar refractivity (Wildman–Crippen MR) is 113 cm³/mol. The lowest BCUT2D eigenvalue weighted by molar-refractivity contribution is 0.0952. The minimum atomic E-state index is -3.63. The van der Waals surface area contributed by atoms with Gasteiger partial charge in [0, 0.05) is 31.6 Å². The van der Waals surface area contributed by atoms with Crippen LogP contribution in [0.4, 0.5) is 0 Å². The Balaban J connectivity index is 1.69. The lowest BCUT2D eigenvalue weighted by Crippen LogP contribution is -2.38. The van der Waals surface area contributed by atoms with Gasteiger partial charge in [-0.15, -0.1) is 0 Å². The number of aryl methyl sites for hydroxylation is 3. The van der Waals surface area contributed by atoms with Gasteiger partial charge in [0.25, 0.3) is 5.91 Å². The average molecular weight is 435 g/mol. The molecule has 30 heavy (non-hydrogen) atoms. The minimum absolute atomic E-state index is 0.225. The zero-order chi connectivity index (χ0) is 21.9. The number of aromatic nitrogens is 2. The molecule has 0 spiro atoms. The van der Waals surface area contributed by atoms with E-state index in [1.807, 2.05) is 6.92 Å². The van der Waals surface area contributed by atoms with E-state index in [1.165, 1.54) is 6.07 Å². The molecule has 8 nitrogen and oxygen atoms in total. The van der Waals surface area contributed by atoms with Gasteiger partial charge in [0.2, 0.25) is 15.9 Å². The summed E-state index contributed by atoms with van der Waals surface area (Å²) in [7, 11) is -3.63. The van der Waals surface area contributed by atoms with Crippen molar-refractivity contribution < 1.29 is 17.7 Å². The van der Waals surface area contributed by atoms with Crippen LogP contribution in [0.3, 0.4) is 0 Å². The topological polar surface area (TPSA) is 105 Å². The Labute approximate surface area is 178 Å². The fraction of sp³-hybridized carbons (Fsp3) is 0.571. The van der Waals surface area contributed by atoms with Crippen molar-refractivity contribution in [3.05, 3.63) is 40.5 Å².